The van der Waals surface area contributed by atoms with E-state index in [1.54, 1.807) is 19.0 Å². The van der Waals surface area contributed by atoms with Gasteiger partial charge in [0.1, 0.15) is 17.2 Å². The SMILES string of the molecule is CN(C)C(=O)c1cc2cnc(Nc3ccc(N4CCC(CN5CCC(N6CCN(c7ccc(C8CCC(=O)NC8=O)cc7)CC6)CC5)CC4)cn3)nc2n1C1CCCC1. The van der Waals surface area contributed by atoms with Gasteiger partial charge in [-0.3, -0.25) is 24.6 Å². The van der Waals surface area contributed by atoms with Crippen LogP contribution in [0.1, 0.15) is 92.2 Å². The number of hydrogen-bond donors (Lipinski definition) is 2. The number of likely N-dealkylation sites (tertiary alicyclic amines) is 1. The van der Waals surface area contributed by atoms with Crippen LogP contribution in [0.2, 0.25) is 0 Å². The highest BCUT2D eigenvalue weighted by molar-refractivity contribution is 6.01. The average molecular weight is 802 g/mol. The minimum absolute atomic E-state index is 0.0100. The van der Waals surface area contributed by atoms with Gasteiger partial charge in [0.25, 0.3) is 5.91 Å². The van der Waals surface area contributed by atoms with Crippen molar-refractivity contribution in [3.05, 3.63) is 66.1 Å². The van der Waals surface area contributed by atoms with Gasteiger partial charge in [0.05, 0.1) is 17.8 Å². The molecule has 312 valence electrons. The van der Waals surface area contributed by atoms with E-state index in [9.17, 15) is 14.4 Å². The molecule has 14 heteroatoms. The Morgan fingerprint density at radius 2 is 1.49 bits per heavy atom. The summed E-state index contributed by atoms with van der Waals surface area (Å²) in [6, 6.07) is 15.4. The Hall–Kier alpha value is -5.08. The van der Waals surface area contributed by atoms with Gasteiger partial charge >= 0.3 is 0 Å². The summed E-state index contributed by atoms with van der Waals surface area (Å²) in [4.78, 5) is 63.2. The molecule has 4 saturated heterocycles. The van der Waals surface area contributed by atoms with E-state index in [-0.39, 0.29) is 29.7 Å². The van der Waals surface area contributed by atoms with Crippen LogP contribution in [0.4, 0.5) is 23.1 Å². The lowest BCUT2D eigenvalue weighted by Gasteiger charge is -2.44. The molecule has 59 heavy (non-hydrogen) atoms. The van der Waals surface area contributed by atoms with Gasteiger partial charge in [-0.25, -0.2) is 9.97 Å². The van der Waals surface area contributed by atoms with Gasteiger partial charge in [0, 0.05) is 95.7 Å². The molecular weight excluding hydrogens is 743 g/mol. The summed E-state index contributed by atoms with van der Waals surface area (Å²) in [5, 5.41) is 6.67. The van der Waals surface area contributed by atoms with Gasteiger partial charge in [-0.2, -0.15) is 4.98 Å². The predicted octanol–water partition coefficient (Wildman–Crippen LogP) is 5.41. The standard InChI is InChI=1S/C45H59N11O3/c1-51(2)44(59)39-27-33-28-47-45(50-42(33)56(39)36-5-3-4-6-36)48-40-13-11-37(29-46-40)53-21-15-31(16-22-53)30-52-19-17-35(18-20-52)55-25-23-54(24-26-55)34-9-7-32(8-10-34)38-12-14-41(57)49-43(38)58/h7-11,13,27-29,31,35-36,38H,3-6,12,14-26,30H2,1-2H3,(H,49,57,58)(H,46,47,48,50). The number of piperazine rings is 1. The van der Waals surface area contributed by atoms with E-state index in [0.29, 0.717) is 36.3 Å². The summed E-state index contributed by atoms with van der Waals surface area (Å²) >= 11 is 0. The molecule has 1 atom stereocenters. The first-order chi connectivity index (χ1) is 28.8. The van der Waals surface area contributed by atoms with E-state index in [0.717, 1.165) is 80.3 Å². The number of carbonyl (C=O) groups is 3. The van der Waals surface area contributed by atoms with Crippen LogP contribution in [0, 0.1) is 5.92 Å². The van der Waals surface area contributed by atoms with Gasteiger partial charge in [-0.05, 0) is 99.8 Å². The number of carbonyl (C=O) groups excluding carboxylic acids is 3. The quantitative estimate of drug-likeness (QED) is 0.200. The molecule has 1 saturated carbocycles. The molecule has 0 spiro atoms. The Kier molecular flexibility index (Phi) is 11.5. The summed E-state index contributed by atoms with van der Waals surface area (Å²) in [5.41, 5.74) is 4.84. The first-order valence-electron chi connectivity index (χ1n) is 22.0. The van der Waals surface area contributed by atoms with Crippen LogP contribution in [0.15, 0.2) is 54.9 Å². The lowest BCUT2D eigenvalue weighted by molar-refractivity contribution is -0.134. The van der Waals surface area contributed by atoms with Crippen LogP contribution in [-0.2, 0) is 9.59 Å². The van der Waals surface area contributed by atoms with Crippen molar-refractivity contribution in [3.63, 3.8) is 0 Å². The maximum Gasteiger partial charge on any atom is 0.270 e. The molecule has 5 fully saturated rings. The second-order valence-electron chi connectivity index (χ2n) is 17.6. The summed E-state index contributed by atoms with van der Waals surface area (Å²) < 4.78 is 2.14. The Morgan fingerprint density at radius 3 is 2.17 bits per heavy atom. The van der Waals surface area contributed by atoms with Gasteiger partial charge in [0.15, 0.2) is 0 Å². The van der Waals surface area contributed by atoms with Gasteiger partial charge in [-0.15, -0.1) is 0 Å². The smallest absolute Gasteiger partial charge is 0.270 e. The number of benzene rings is 1. The number of hydrogen-bond acceptors (Lipinski definition) is 11. The molecule has 3 aromatic heterocycles. The number of pyridine rings is 1. The molecule has 4 aromatic rings. The number of rotatable bonds is 10. The minimum Gasteiger partial charge on any atom is -0.370 e. The summed E-state index contributed by atoms with van der Waals surface area (Å²) in [6.45, 7) is 9.88. The van der Waals surface area contributed by atoms with Crippen LogP contribution >= 0.6 is 0 Å². The fourth-order valence-electron chi connectivity index (χ4n) is 10.2. The van der Waals surface area contributed by atoms with E-state index in [1.165, 1.54) is 63.8 Å². The molecular formula is C45H59N11O3. The molecule has 1 aromatic carbocycles. The van der Waals surface area contributed by atoms with Crippen molar-refractivity contribution in [1.29, 1.82) is 0 Å². The highest BCUT2D eigenvalue weighted by Crippen LogP contribution is 2.35. The van der Waals surface area contributed by atoms with Crippen molar-refractivity contribution < 1.29 is 14.4 Å². The van der Waals surface area contributed by atoms with Gasteiger partial charge in [-0.1, -0.05) is 25.0 Å². The van der Waals surface area contributed by atoms with Crippen molar-refractivity contribution in [2.45, 2.75) is 82.2 Å². The van der Waals surface area contributed by atoms with E-state index in [1.807, 2.05) is 24.5 Å². The molecule has 1 aliphatic carbocycles. The largest absolute Gasteiger partial charge is 0.370 e. The van der Waals surface area contributed by atoms with Crippen molar-refractivity contribution in [1.82, 2.24) is 39.5 Å². The number of piperidine rings is 3. The molecule has 9 rings (SSSR count). The lowest BCUT2D eigenvalue weighted by Crippen LogP contribution is -2.53. The number of amides is 3. The second-order valence-corrected chi connectivity index (χ2v) is 17.6. The third kappa shape index (κ3) is 8.65. The van der Waals surface area contributed by atoms with Gasteiger partial charge in [0.2, 0.25) is 17.8 Å². The number of fused-ring (bicyclic) bond motifs is 1. The first-order valence-corrected chi connectivity index (χ1v) is 22.0. The van der Waals surface area contributed by atoms with Crippen LogP contribution in [0.3, 0.4) is 0 Å². The zero-order valence-electron chi connectivity index (χ0n) is 34.7. The Morgan fingerprint density at radius 1 is 0.780 bits per heavy atom. The fourth-order valence-corrected chi connectivity index (χ4v) is 10.2. The van der Waals surface area contributed by atoms with Crippen LogP contribution < -0.4 is 20.4 Å². The monoisotopic (exact) mass is 801 g/mol. The predicted molar refractivity (Wildman–Crippen MR) is 230 cm³/mol. The second kappa shape index (κ2) is 17.3. The number of nitrogens with one attached hydrogen (secondary N) is 2. The molecule has 4 aliphatic heterocycles. The molecule has 14 nitrogen and oxygen atoms in total. The van der Waals surface area contributed by atoms with E-state index >= 15 is 0 Å². The zero-order chi connectivity index (χ0) is 40.5. The maximum absolute atomic E-state index is 13.1. The normalized spacial score (nSPS) is 22.0. The van der Waals surface area contributed by atoms with E-state index < -0.39 is 0 Å². The first kappa shape index (κ1) is 39.4. The van der Waals surface area contributed by atoms with Crippen molar-refractivity contribution in [2.24, 2.45) is 5.92 Å². The van der Waals surface area contributed by atoms with Crippen LogP contribution in [0.5, 0.6) is 0 Å². The third-order valence-corrected chi connectivity index (χ3v) is 13.7. The molecule has 5 aliphatic rings. The van der Waals surface area contributed by atoms with E-state index in [4.69, 9.17) is 9.97 Å². The third-order valence-electron chi connectivity index (χ3n) is 13.7. The summed E-state index contributed by atoms with van der Waals surface area (Å²) in [6.07, 6.45) is 14.1. The summed E-state index contributed by atoms with van der Waals surface area (Å²) in [7, 11) is 3.59. The van der Waals surface area contributed by atoms with Crippen molar-refractivity contribution >= 4 is 51.9 Å². The molecule has 0 bridgehead atoms. The highest BCUT2D eigenvalue weighted by atomic mass is 16.2. The zero-order valence-corrected chi connectivity index (χ0v) is 34.7. The van der Waals surface area contributed by atoms with E-state index in [2.05, 4.69) is 70.1 Å². The summed E-state index contributed by atoms with van der Waals surface area (Å²) in [5.74, 6) is 1.33. The fraction of sp³-hybridized carbons (Fsp3) is 0.556. The number of anilines is 4. The molecule has 7 heterocycles. The lowest BCUT2D eigenvalue weighted by atomic mass is 9.90. The topological polar surface area (TPSA) is 135 Å². The maximum atomic E-state index is 13.1. The Labute approximate surface area is 347 Å². The number of nitrogens with zero attached hydrogens (tertiary/aromatic N) is 9. The molecule has 3 amide bonds. The Bertz CT molecular complexity index is 2110. The van der Waals surface area contributed by atoms with Crippen molar-refractivity contribution in [3.8, 4) is 0 Å². The molecule has 0 radical (unpaired) electrons. The minimum atomic E-state index is -0.230. The number of aromatic nitrogens is 4. The van der Waals surface area contributed by atoms with Gasteiger partial charge < -0.3 is 29.5 Å². The van der Waals surface area contributed by atoms with Crippen LogP contribution in [-0.4, -0.2) is 131 Å². The van der Waals surface area contributed by atoms with Crippen LogP contribution in [0.25, 0.3) is 11.0 Å². The number of imide groups is 1. The average Bonchev–Trinajstić information content (AvgIpc) is 3.93. The molecule has 1 unspecified atom stereocenters. The highest BCUT2D eigenvalue weighted by Gasteiger charge is 2.31. The van der Waals surface area contributed by atoms with Crippen molar-refractivity contribution in [2.75, 3.05) is 88.1 Å². The Balaban J connectivity index is 0.710. The molecule has 2 N–H and O–H groups in total.